The first-order valence-electron chi connectivity index (χ1n) is 6.86. The van der Waals surface area contributed by atoms with Crippen LogP contribution < -0.4 is 5.63 Å². The summed E-state index contributed by atoms with van der Waals surface area (Å²) >= 11 is 0. The summed E-state index contributed by atoms with van der Waals surface area (Å²) in [5, 5.41) is 14.3. The fourth-order valence-corrected chi connectivity index (χ4v) is 2.15. The molecule has 0 atom stereocenters. The molecule has 2 aromatic heterocycles. The van der Waals surface area contributed by atoms with Crippen molar-refractivity contribution >= 4 is 11.5 Å². The van der Waals surface area contributed by atoms with Gasteiger partial charge >= 0.3 is 5.63 Å². The summed E-state index contributed by atoms with van der Waals surface area (Å²) in [7, 11) is 0. The van der Waals surface area contributed by atoms with Gasteiger partial charge in [-0.3, -0.25) is 0 Å². The number of aryl methyl sites for hydroxylation is 3. The van der Waals surface area contributed by atoms with Crippen LogP contribution in [-0.2, 0) is 6.54 Å². The second kappa shape index (κ2) is 5.95. The second-order valence-electron chi connectivity index (χ2n) is 4.97. The molecule has 0 amide bonds. The minimum Gasteiger partial charge on any atom is -0.507 e. The number of aliphatic imine (C=N–C) groups is 1. The average molecular weight is 289 g/mol. The minimum atomic E-state index is -0.591. The van der Waals surface area contributed by atoms with E-state index in [4.69, 9.17) is 4.42 Å². The van der Waals surface area contributed by atoms with Gasteiger partial charge in [-0.15, -0.1) is 0 Å². The third kappa shape index (κ3) is 3.21. The van der Waals surface area contributed by atoms with Crippen LogP contribution in [-0.4, -0.2) is 20.6 Å². The third-order valence-electron chi connectivity index (χ3n) is 3.01. The van der Waals surface area contributed by atoms with Gasteiger partial charge in [-0.1, -0.05) is 6.92 Å². The Hall–Kier alpha value is -2.37. The highest BCUT2D eigenvalue weighted by Gasteiger charge is 2.14. The summed E-state index contributed by atoms with van der Waals surface area (Å²) in [4.78, 5) is 16.3. The summed E-state index contributed by atoms with van der Waals surface area (Å²) < 4.78 is 6.80. The number of rotatable bonds is 4. The molecular weight excluding hydrogens is 270 g/mol. The molecule has 1 N–H and O–H groups in total. The zero-order chi connectivity index (χ0) is 15.6. The van der Waals surface area contributed by atoms with Crippen LogP contribution in [0.15, 0.2) is 26.3 Å². The molecule has 0 saturated heterocycles. The SMILES string of the molecule is CCCn1nc(C)cc1N=C(C)c1c(O)cc(C)oc1=O. The lowest BCUT2D eigenvalue weighted by Crippen LogP contribution is -2.13. The maximum Gasteiger partial charge on any atom is 0.348 e. The molecule has 0 aliphatic carbocycles. The van der Waals surface area contributed by atoms with E-state index in [-0.39, 0.29) is 11.3 Å². The summed E-state index contributed by atoms with van der Waals surface area (Å²) in [6, 6.07) is 3.25. The zero-order valence-corrected chi connectivity index (χ0v) is 12.7. The van der Waals surface area contributed by atoms with Crippen molar-refractivity contribution in [3.05, 3.63) is 39.6 Å². The molecular formula is C15H19N3O3. The highest BCUT2D eigenvalue weighted by molar-refractivity contribution is 6.01. The Morgan fingerprint density at radius 3 is 2.76 bits per heavy atom. The van der Waals surface area contributed by atoms with Gasteiger partial charge in [-0.05, 0) is 27.2 Å². The number of aromatic hydroxyl groups is 1. The van der Waals surface area contributed by atoms with Gasteiger partial charge in [-0.25, -0.2) is 14.5 Å². The lowest BCUT2D eigenvalue weighted by atomic mass is 10.1. The number of hydrogen-bond acceptors (Lipinski definition) is 5. The first-order valence-corrected chi connectivity index (χ1v) is 6.86. The van der Waals surface area contributed by atoms with Gasteiger partial charge in [0.05, 0.1) is 11.4 Å². The Bertz CT molecular complexity index is 741. The van der Waals surface area contributed by atoms with Crippen molar-refractivity contribution in [1.82, 2.24) is 9.78 Å². The Kier molecular flexibility index (Phi) is 4.26. The van der Waals surface area contributed by atoms with E-state index in [2.05, 4.69) is 17.0 Å². The quantitative estimate of drug-likeness (QED) is 0.877. The Morgan fingerprint density at radius 1 is 1.43 bits per heavy atom. The predicted octanol–water partition coefficient (Wildman–Crippen LogP) is 2.71. The van der Waals surface area contributed by atoms with Crippen molar-refractivity contribution < 1.29 is 9.52 Å². The molecule has 6 heteroatoms. The summed E-state index contributed by atoms with van der Waals surface area (Å²) in [5.74, 6) is 0.899. The van der Waals surface area contributed by atoms with E-state index in [1.54, 1.807) is 18.5 Å². The standard InChI is InChI=1S/C15H19N3O3/c1-5-6-18-13(7-9(2)17-18)16-11(4)14-12(19)8-10(3)21-15(14)20/h7-8,19H,5-6H2,1-4H3. The number of aromatic nitrogens is 2. The topological polar surface area (TPSA) is 80.6 Å². The fourth-order valence-electron chi connectivity index (χ4n) is 2.15. The number of nitrogens with zero attached hydrogens (tertiary/aromatic N) is 3. The van der Waals surface area contributed by atoms with Crippen LogP contribution >= 0.6 is 0 Å². The van der Waals surface area contributed by atoms with Crippen molar-refractivity contribution in [2.24, 2.45) is 4.99 Å². The molecule has 21 heavy (non-hydrogen) atoms. The molecule has 6 nitrogen and oxygen atoms in total. The predicted molar refractivity (Wildman–Crippen MR) is 80.5 cm³/mol. The van der Waals surface area contributed by atoms with Crippen LogP contribution in [0.5, 0.6) is 5.75 Å². The van der Waals surface area contributed by atoms with E-state index in [1.165, 1.54) is 6.07 Å². The van der Waals surface area contributed by atoms with Crippen molar-refractivity contribution in [3.8, 4) is 5.75 Å². The monoisotopic (exact) mass is 289 g/mol. The largest absolute Gasteiger partial charge is 0.507 e. The fraction of sp³-hybridized carbons (Fsp3) is 0.400. The summed E-state index contributed by atoms with van der Waals surface area (Å²) in [6.45, 7) is 7.96. The molecule has 0 spiro atoms. The van der Waals surface area contributed by atoms with Gasteiger partial charge in [0.25, 0.3) is 0 Å². The van der Waals surface area contributed by atoms with Crippen molar-refractivity contribution in [2.75, 3.05) is 0 Å². The average Bonchev–Trinajstić information content (AvgIpc) is 2.68. The lowest BCUT2D eigenvalue weighted by molar-refractivity contribution is 0.432. The molecule has 0 aromatic carbocycles. The van der Waals surface area contributed by atoms with Gasteiger partial charge < -0.3 is 9.52 Å². The molecule has 0 bridgehead atoms. The van der Waals surface area contributed by atoms with Crippen LogP contribution in [0.3, 0.4) is 0 Å². The zero-order valence-electron chi connectivity index (χ0n) is 12.7. The number of hydrogen-bond donors (Lipinski definition) is 1. The molecule has 0 saturated carbocycles. The lowest BCUT2D eigenvalue weighted by Gasteiger charge is -2.05. The highest BCUT2D eigenvalue weighted by atomic mass is 16.4. The second-order valence-corrected chi connectivity index (χ2v) is 4.97. The van der Waals surface area contributed by atoms with E-state index < -0.39 is 5.63 Å². The van der Waals surface area contributed by atoms with Crippen LogP contribution in [0.2, 0.25) is 0 Å². The Labute approximate surface area is 122 Å². The Balaban J connectivity index is 2.49. The minimum absolute atomic E-state index is 0.0856. The first-order chi connectivity index (χ1) is 9.92. The molecule has 2 heterocycles. The van der Waals surface area contributed by atoms with E-state index in [0.717, 1.165) is 18.7 Å². The van der Waals surface area contributed by atoms with Crippen LogP contribution in [0, 0.1) is 13.8 Å². The van der Waals surface area contributed by atoms with Gasteiger partial charge in [0, 0.05) is 18.7 Å². The summed E-state index contributed by atoms with van der Waals surface area (Å²) in [6.07, 6.45) is 0.931. The van der Waals surface area contributed by atoms with Gasteiger partial charge in [-0.2, -0.15) is 5.10 Å². The van der Waals surface area contributed by atoms with Gasteiger partial charge in [0.15, 0.2) is 5.82 Å². The molecule has 0 aliphatic heterocycles. The molecule has 0 aliphatic rings. The maximum absolute atomic E-state index is 11.9. The third-order valence-corrected chi connectivity index (χ3v) is 3.01. The van der Waals surface area contributed by atoms with Gasteiger partial charge in [0.2, 0.25) is 0 Å². The molecule has 0 unspecified atom stereocenters. The maximum atomic E-state index is 11.9. The first kappa shape index (κ1) is 15.0. The molecule has 0 fully saturated rings. The van der Waals surface area contributed by atoms with Crippen molar-refractivity contribution in [1.29, 1.82) is 0 Å². The van der Waals surface area contributed by atoms with Crippen LogP contribution in [0.25, 0.3) is 0 Å². The smallest absolute Gasteiger partial charge is 0.348 e. The molecule has 2 rings (SSSR count). The normalized spacial score (nSPS) is 11.9. The summed E-state index contributed by atoms with van der Waals surface area (Å²) in [5.41, 5.74) is 0.753. The highest BCUT2D eigenvalue weighted by Crippen LogP contribution is 2.20. The van der Waals surface area contributed by atoms with Crippen LogP contribution in [0.4, 0.5) is 5.82 Å². The van der Waals surface area contributed by atoms with Crippen molar-refractivity contribution in [2.45, 2.75) is 40.7 Å². The van der Waals surface area contributed by atoms with Crippen LogP contribution in [0.1, 0.15) is 37.3 Å². The Morgan fingerprint density at radius 2 is 2.14 bits per heavy atom. The molecule has 2 aromatic rings. The van der Waals surface area contributed by atoms with E-state index >= 15 is 0 Å². The van der Waals surface area contributed by atoms with E-state index in [9.17, 15) is 9.90 Å². The molecule has 0 radical (unpaired) electrons. The molecule has 112 valence electrons. The van der Waals surface area contributed by atoms with E-state index in [0.29, 0.717) is 17.3 Å². The van der Waals surface area contributed by atoms with Crippen molar-refractivity contribution in [3.63, 3.8) is 0 Å². The van der Waals surface area contributed by atoms with Gasteiger partial charge in [0.1, 0.15) is 17.1 Å². The van der Waals surface area contributed by atoms with E-state index in [1.807, 2.05) is 13.0 Å².